The van der Waals surface area contributed by atoms with E-state index >= 15 is 0 Å². The van der Waals surface area contributed by atoms with Gasteiger partial charge in [0.15, 0.2) is 0 Å². The Kier molecular flexibility index (Phi) is 4.81. The van der Waals surface area contributed by atoms with Gasteiger partial charge in [0.05, 0.1) is 23.5 Å². The number of pyridine rings is 1. The molecule has 0 saturated carbocycles. The van der Waals surface area contributed by atoms with Crippen molar-refractivity contribution in [3.8, 4) is 11.3 Å². The fraction of sp³-hybridized carbons (Fsp3) is 0.190. The first-order chi connectivity index (χ1) is 14.2. The van der Waals surface area contributed by atoms with Crippen molar-refractivity contribution in [1.29, 1.82) is 0 Å². The third-order valence-corrected chi connectivity index (χ3v) is 4.96. The van der Waals surface area contributed by atoms with E-state index in [0.29, 0.717) is 22.6 Å². The number of halogens is 3. The number of H-pyrrole nitrogens is 1. The predicted octanol–water partition coefficient (Wildman–Crippen LogP) is 4.47. The first-order valence-electron chi connectivity index (χ1n) is 9.17. The maximum atomic E-state index is 13.0. The molecule has 0 spiro atoms. The summed E-state index contributed by atoms with van der Waals surface area (Å²) in [6, 6.07) is 9.73. The highest BCUT2D eigenvalue weighted by atomic mass is 19.4. The van der Waals surface area contributed by atoms with Gasteiger partial charge in [-0.2, -0.15) is 18.3 Å². The second-order valence-electron chi connectivity index (χ2n) is 7.00. The number of nitrogens with zero attached hydrogens (tertiary/aromatic N) is 3. The fourth-order valence-corrected chi connectivity index (χ4v) is 3.31. The molecule has 154 valence electrons. The molecule has 1 atom stereocenters. The van der Waals surface area contributed by atoms with Gasteiger partial charge in [0.2, 0.25) is 0 Å². The van der Waals surface area contributed by atoms with Crippen LogP contribution in [0.5, 0.6) is 0 Å². The standard InChI is InChI=1S/C21H18F3N5O/c1-12(13-4-3-5-16(8-13)21(22,23)24)27-20(30)18-9-14-6-7-17(15-10-25-26-11-15)28-19(14)29(18)2/h3-12H,1-2H3,(H,25,26)(H,27,30)/t12-/m1/s1. The molecular weight excluding hydrogens is 395 g/mol. The monoisotopic (exact) mass is 413 g/mol. The van der Waals surface area contributed by atoms with Crippen LogP contribution >= 0.6 is 0 Å². The number of benzene rings is 1. The molecule has 1 amide bonds. The zero-order chi connectivity index (χ0) is 21.5. The van der Waals surface area contributed by atoms with Crippen LogP contribution in [0.15, 0.2) is 54.9 Å². The van der Waals surface area contributed by atoms with Crippen LogP contribution in [0.4, 0.5) is 13.2 Å². The lowest BCUT2D eigenvalue weighted by atomic mass is 10.0. The molecule has 0 aliphatic heterocycles. The Balaban J connectivity index is 1.60. The van der Waals surface area contributed by atoms with Gasteiger partial charge >= 0.3 is 6.18 Å². The van der Waals surface area contributed by atoms with Gasteiger partial charge in [0.25, 0.3) is 5.91 Å². The molecule has 9 heteroatoms. The van der Waals surface area contributed by atoms with E-state index in [1.807, 2.05) is 12.1 Å². The number of carbonyl (C=O) groups is 1. The lowest BCUT2D eigenvalue weighted by molar-refractivity contribution is -0.137. The fourth-order valence-electron chi connectivity index (χ4n) is 3.31. The number of fused-ring (bicyclic) bond motifs is 1. The molecule has 6 nitrogen and oxygen atoms in total. The van der Waals surface area contributed by atoms with Gasteiger partial charge in [-0.25, -0.2) is 4.98 Å². The summed E-state index contributed by atoms with van der Waals surface area (Å²) < 4.78 is 40.5. The number of carbonyl (C=O) groups excluding carboxylic acids is 1. The number of alkyl halides is 3. The summed E-state index contributed by atoms with van der Waals surface area (Å²) in [4.78, 5) is 17.4. The number of aromatic nitrogens is 4. The molecule has 0 fully saturated rings. The van der Waals surface area contributed by atoms with Crippen molar-refractivity contribution >= 4 is 16.9 Å². The van der Waals surface area contributed by atoms with E-state index in [4.69, 9.17) is 0 Å². The number of hydrogen-bond acceptors (Lipinski definition) is 3. The Morgan fingerprint density at radius 2 is 2.00 bits per heavy atom. The van der Waals surface area contributed by atoms with Crippen LogP contribution in [-0.4, -0.2) is 25.7 Å². The molecular formula is C21H18F3N5O. The molecule has 0 unspecified atom stereocenters. The van der Waals surface area contributed by atoms with Crippen LogP contribution in [0.3, 0.4) is 0 Å². The second kappa shape index (κ2) is 7.33. The minimum absolute atomic E-state index is 0.362. The van der Waals surface area contributed by atoms with E-state index in [-0.39, 0.29) is 0 Å². The lowest BCUT2D eigenvalue weighted by Gasteiger charge is -2.16. The zero-order valence-corrected chi connectivity index (χ0v) is 16.2. The normalized spacial score (nSPS) is 12.8. The van der Waals surface area contributed by atoms with Crippen LogP contribution < -0.4 is 5.32 Å². The second-order valence-corrected chi connectivity index (χ2v) is 7.00. The van der Waals surface area contributed by atoms with Crippen molar-refractivity contribution in [1.82, 2.24) is 25.1 Å². The predicted molar refractivity (Wildman–Crippen MR) is 106 cm³/mol. The highest BCUT2D eigenvalue weighted by Crippen LogP contribution is 2.31. The van der Waals surface area contributed by atoms with E-state index in [9.17, 15) is 18.0 Å². The van der Waals surface area contributed by atoms with Gasteiger partial charge in [0.1, 0.15) is 11.3 Å². The number of aromatic amines is 1. The van der Waals surface area contributed by atoms with Crippen molar-refractivity contribution in [2.45, 2.75) is 19.1 Å². The molecule has 3 aromatic heterocycles. The van der Waals surface area contributed by atoms with Crippen LogP contribution in [0.1, 0.15) is 34.6 Å². The average Bonchev–Trinajstić information content (AvgIpc) is 3.36. The van der Waals surface area contributed by atoms with Gasteiger partial charge in [-0.1, -0.05) is 12.1 Å². The van der Waals surface area contributed by atoms with Crippen LogP contribution in [0.2, 0.25) is 0 Å². The van der Waals surface area contributed by atoms with Crippen LogP contribution in [0.25, 0.3) is 22.3 Å². The van der Waals surface area contributed by atoms with Gasteiger partial charge in [0, 0.05) is 24.2 Å². The van der Waals surface area contributed by atoms with Crippen molar-refractivity contribution < 1.29 is 18.0 Å². The SMILES string of the molecule is C[C@@H](NC(=O)c1cc2ccc(-c3cn[nH]c3)nc2n1C)c1cccc(C(F)(F)F)c1. The van der Waals surface area contributed by atoms with Crippen molar-refractivity contribution in [3.63, 3.8) is 0 Å². The summed E-state index contributed by atoms with van der Waals surface area (Å²) >= 11 is 0. The van der Waals surface area contributed by atoms with E-state index in [0.717, 1.165) is 23.1 Å². The summed E-state index contributed by atoms with van der Waals surface area (Å²) in [6.45, 7) is 1.64. The smallest absolute Gasteiger partial charge is 0.344 e. The van der Waals surface area contributed by atoms with E-state index in [1.165, 1.54) is 6.07 Å². The van der Waals surface area contributed by atoms with Crippen molar-refractivity contribution in [3.05, 3.63) is 71.7 Å². The van der Waals surface area contributed by atoms with E-state index in [2.05, 4.69) is 20.5 Å². The largest absolute Gasteiger partial charge is 0.416 e. The zero-order valence-electron chi connectivity index (χ0n) is 16.2. The number of aryl methyl sites for hydroxylation is 1. The van der Waals surface area contributed by atoms with Gasteiger partial charge < -0.3 is 9.88 Å². The Hall–Kier alpha value is -3.62. The maximum Gasteiger partial charge on any atom is 0.416 e. The van der Waals surface area contributed by atoms with Crippen LogP contribution in [-0.2, 0) is 13.2 Å². The van der Waals surface area contributed by atoms with E-state index in [1.54, 1.807) is 43.1 Å². The molecule has 4 rings (SSSR count). The van der Waals surface area contributed by atoms with Crippen molar-refractivity contribution in [2.75, 3.05) is 0 Å². The maximum absolute atomic E-state index is 13.0. The van der Waals surface area contributed by atoms with Gasteiger partial charge in [-0.05, 0) is 42.8 Å². The first kappa shape index (κ1) is 19.7. The van der Waals surface area contributed by atoms with E-state index < -0.39 is 23.7 Å². The Morgan fingerprint density at radius 3 is 2.70 bits per heavy atom. The topological polar surface area (TPSA) is 75.6 Å². The minimum Gasteiger partial charge on any atom is -0.344 e. The average molecular weight is 413 g/mol. The van der Waals surface area contributed by atoms with Crippen molar-refractivity contribution in [2.24, 2.45) is 7.05 Å². The lowest BCUT2D eigenvalue weighted by Crippen LogP contribution is -2.28. The first-order valence-corrected chi connectivity index (χ1v) is 9.17. The Bertz CT molecular complexity index is 1210. The molecule has 0 radical (unpaired) electrons. The third-order valence-electron chi connectivity index (χ3n) is 4.96. The highest BCUT2D eigenvalue weighted by molar-refractivity contribution is 5.98. The highest BCUT2D eigenvalue weighted by Gasteiger charge is 2.31. The summed E-state index contributed by atoms with van der Waals surface area (Å²) in [7, 11) is 1.72. The summed E-state index contributed by atoms with van der Waals surface area (Å²) in [6.07, 6.45) is -1.06. The molecule has 30 heavy (non-hydrogen) atoms. The van der Waals surface area contributed by atoms with Gasteiger partial charge in [-0.3, -0.25) is 9.89 Å². The number of amides is 1. The Morgan fingerprint density at radius 1 is 1.20 bits per heavy atom. The molecule has 3 heterocycles. The third kappa shape index (κ3) is 3.66. The number of nitrogens with one attached hydrogen (secondary N) is 2. The minimum atomic E-state index is -4.44. The molecule has 1 aromatic carbocycles. The number of rotatable bonds is 4. The number of hydrogen-bond donors (Lipinski definition) is 2. The molecule has 2 N–H and O–H groups in total. The molecule has 0 bridgehead atoms. The molecule has 0 aliphatic rings. The Labute approximate surface area is 169 Å². The molecule has 4 aromatic rings. The molecule has 0 aliphatic carbocycles. The van der Waals surface area contributed by atoms with Gasteiger partial charge in [-0.15, -0.1) is 0 Å². The summed E-state index contributed by atoms with van der Waals surface area (Å²) in [5, 5.41) is 10.2. The summed E-state index contributed by atoms with van der Waals surface area (Å²) in [5.41, 5.74) is 2.13. The van der Waals surface area contributed by atoms with Crippen LogP contribution in [0, 0.1) is 0 Å². The molecule has 0 saturated heterocycles. The summed E-state index contributed by atoms with van der Waals surface area (Å²) in [5.74, 6) is -0.398. The quantitative estimate of drug-likeness (QED) is 0.518.